The zero-order chi connectivity index (χ0) is 28.2. The van der Waals surface area contributed by atoms with Gasteiger partial charge in [-0.3, -0.25) is 9.36 Å². The molecule has 40 heavy (non-hydrogen) atoms. The summed E-state index contributed by atoms with van der Waals surface area (Å²) in [5.74, 6) is 1.27. The molecule has 1 unspecified atom stereocenters. The van der Waals surface area contributed by atoms with E-state index in [1.165, 1.54) is 11.7 Å². The number of methoxy groups -OCH3 is 2. The van der Waals surface area contributed by atoms with Crippen LogP contribution >= 0.6 is 0 Å². The van der Waals surface area contributed by atoms with Crippen molar-refractivity contribution >= 4 is 11.2 Å². The second-order valence-corrected chi connectivity index (χ2v) is 9.45. The maximum atomic E-state index is 13.8. The van der Waals surface area contributed by atoms with Gasteiger partial charge in [0.15, 0.2) is 11.2 Å². The first-order valence-electron chi connectivity index (χ1n) is 13.2. The molecule has 3 heterocycles. The first-order valence-corrected chi connectivity index (χ1v) is 13.2. The number of tetrazole rings is 1. The minimum absolute atomic E-state index is 0.264. The lowest BCUT2D eigenvalue weighted by molar-refractivity contribution is 0.0526. The summed E-state index contributed by atoms with van der Waals surface area (Å²) in [6.07, 6.45) is 0.748. The average Bonchev–Trinajstić information content (AvgIpc) is 3.63. The molecule has 0 fully saturated rings. The number of nitrogens with zero attached hydrogens (tertiary/aromatic N) is 7. The maximum Gasteiger partial charge on any atom is 0.334 e. The van der Waals surface area contributed by atoms with Crippen molar-refractivity contribution in [2.75, 3.05) is 20.8 Å². The van der Waals surface area contributed by atoms with Crippen LogP contribution in [0.5, 0.6) is 0 Å². The topological polar surface area (TPSA) is 135 Å². The van der Waals surface area contributed by atoms with E-state index in [0.29, 0.717) is 36.6 Å². The lowest BCUT2D eigenvalue weighted by atomic mass is 9.98. The smallest absolute Gasteiger partial charge is 0.334 e. The number of H-pyrrole nitrogens is 1. The average molecular weight is 545 g/mol. The lowest BCUT2D eigenvalue weighted by Crippen LogP contribution is -2.43. The van der Waals surface area contributed by atoms with E-state index in [0.717, 1.165) is 39.1 Å². The highest BCUT2D eigenvalue weighted by molar-refractivity contribution is 5.80. The quantitative estimate of drug-likeness (QED) is 0.268. The molecule has 0 aliphatic heterocycles. The fraction of sp³-hybridized carbons (Fsp3) is 0.357. The van der Waals surface area contributed by atoms with Gasteiger partial charge in [-0.25, -0.2) is 14.3 Å². The van der Waals surface area contributed by atoms with Gasteiger partial charge in [-0.15, -0.1) is 10.2 Å². The van der Waals surface area contributed by atoms with Crippen molar-refractivity contribution in [3.05, 3.63) is 80.8 Å². The van der Waals surface area contributed by atoms with Crippen molar-refractivity contribution in [3.63, 3.8) is 0 Å². The molecule has 0 aliphatic rings. The molecular formula is C28H32N8O4. The molecule has 5 rings (SSSR count). The Bertz CT molecular complexity index is 1720. The number of aromatic amines is 1. The molecule has 0 saturated carbocycles. The van der Waals surface area contributed by atoms with Crippen LogP contribution in [0.2, 0.25) is 0 Å². The molecule has 5 aromatic rings. The van der Waals surface area contributed by atoms with Crippen LogP contribution in [0.4, 0.5) is 0 Å². The highest BCUT2D eigenvalue weighted by Crippen LogP contribution is 2.30. The van der Waals surface area contributed by atoms with Gasteiger partial charge in [0.2, 0.25) is 5.82 Å². The van der Waals surface area contributed by atoms with Crippen LogP contribution in [-0.2, 0) is 29.0 Å². The van der Waals surface area contributed by atoms with E-state index in [2.05, 4.69) is 27.5 Å². The number of imidazole rings is 1. The van der Waals surface area contributed by atoms with Crippen molar-refractivity contribution in [2.24, 2.45) is 0 Å². The second kappa shape index (κ2) is 11.8. The number of ether oxygens (including phenoxy) is 2. The summed E-state index contributed by atoms with van der Waals surface area (Å²) in [6.45, 7) is 4.71. The van der Waals surface area contributed by atoms with Crippen molar-refractivity contribution in [1.29, 1.82) is 0 Å². The van der Waals surface area contributed by atoms with Crippen LogP contribution in [0.1, 0.15) is 37.9 Å². The molecule has 12 nitrogen and oxygen atoms in total. The molecule has 1 atom stereocenters. The summed E-state index contributed by atoms with van der Waals surface area (Å²) in [5, 5.41) is 14.5. The number of hydrogen-bond acceptors (Lipinski definition) is 8. The van der Waals surface area contributed by atoms with Crippen LogP contribution < -0.4 is 11.2 Å². The molecule has 0 aliphatic carbocycles. The number of aromatic nitrogens is 8. The molecule has 0 amide bonds. The van der Waals surface area contributed by atoms with Crippen molar-refractivity contribution in [2.45, 2.75) is 46.0 Å². The Balaban J connectivity index is 1.60. The molecule has 0 bridgehead atoms. The van der Waals surface area contributed by atoms with E-state index < -0.39 is 17.5 Å². The summed E-state index contributed by atoms with van der Waals surface area (Å²) in [4.78, 5) is 31.9. The third kappa shape index (κ3) is 4.98. The molecule has 12 heteroatoms. The molecular weight excluding hydrogens is 512 g/mol. The van der Waals surface area contributed by atoms with Crippen LogP contribution in [0.25, 0.3) is 33.7 Å². The largest absolute Gasteiger partial charge is 0.383 e. The second-order valence-electron chi connectivity index (χ2n) is 9.45. The summed E-state index contributed by atoms with van der Waals surface area (Å²) in [7, 11) is 3.04. The van der Waals surface area contributed by atoms with Crippen LogP contribution in [0.15, 0.2) is 58.1 Å². The highest BCUT2D eigenvalue weighted by atomic mass is 16.5. The van der Waals surface area contributed by atoms with E-state index in [1.807, 2.05) is 53.1 Å². The number of aryl methyl sites for hydroxylation is 1. The third-order valence-corrected chi connectivity index (χ3v) is 6.96. The zero-order valence-electron chi connectivity index (χ0n) is 23.0. The van der Waals surface area contributed by atoms with Gasteiger partial charge in [-0.05, 0) is 35.2 Å². The van der Waals surface area contributed by atoms with E-state index in [1.54, 1.807) is 14.0 Å². The normalized spacial score (nSPS) is 12.3. The Morgan fingerprint density at radius 1 is 1.00 bits per heavy atom. The van der Waals surface area contributed by atoms with Gasteiger partial charge in [-0.1, -0.05) is 55.5 Å². The monoisotopic (exact) mass is 544 g/mol. The Morgan fingerprint density at radius 2 is 1.75 bits per heavy atom. The summed E-state index contributed by atoms with van der Waals surface area (Å²) in [6, 6.07) is 16.0. The molecule has 1 N–H and O–H groups in total. The molecule has 3 aromatic heterocycles. The van der Waals surface area contributed by atoms with E-state index in [9.17, 15) is 9.59 Å². The van der Waals surface area contributed by atoms with Crippen molar-refractivity contribution in [3.8, 4) is 22.5 Å². The minimum atomic E-state index is -0.741. The Labute approximate surface area is 230 Å². The van der Waals surface area contributed by atoms with Crippen LogP contribution in [0, 0.1) is 0 Å². The number of hydrogen-bond donors (Lipinski definition) is 1. The van der Waals surface area contributed by atoms with Gasteiger partial charge < -0.3 is 14.0 Å². The highest BCUT2D eigenvalue weighted by Gasteiger charge is 2.23. The van der Waals surface area contributed by atoms with Crippen LogP contribution in [-0.4, -0.2) is 60.1 Å². The predicted octanol–water partition coefficient (Wildman–Crippen LogP) is 3.02. The van der Waals surface area contributed by atoms with Gasteiger partial charge in [0.1, 0.15) is 12.1 Å². The van der Waals surface area contributed by atoms with E-state index >= 15 is 0 Å². The van der Waals surface area contributed by atoms with Gasteiger partial charge in [0.05, 0.1) is 13.2 Å². The number of nitrogens with one attached hydrogen (secondary N) is 1. The summed E-state index contributed by atoms with van der Waals surface area (Å²) in [5.41, 5.74) is 3.67. The SMILES string of the molecule is CCCc1nc2c(c(=O)n(C(C)OC)c(=O)n2CCOC)n1Cc1ccc(-c2ccccc2-c2nn[nH]n2)cc1. The zero-order valence-corrected chi connectivity index (χ0v) is 23.0. The van der Waals surface area contributed by atoms with Crippen LogP contribution in [0.3, 0.4) is 0 Å². The predicted molar refractivity (Wildman–Crippen MR) is 150 cm³/mol. The van der Waals surface area contributed by atoms with Gasteiger partial charge >= 0.3 is 5.69 Å². The molecule has 0 radical (unpaired) electrons. The first kappa shape index (κ1) is 27.2. The van der Waals surface area contributed by atoms with Crippen molar-refractivity contribution in [1.82, 2.24) is 39.3 Å². The van der Waals surface area contributed by atoms with E-state index in [-0.39, 0.29) is 6.54 Å². The standard InChI is InChI=1S/C28H32N8O4/c1-5-8-23-29-26-24(27(37)36(18(2)40-4)28(38)34(26)15-16-39-3)35(23)17-19-11-13-20(14-12-19)21-9-6-7-10-22(21)25-30-32-33-31-25/h6-7,9-14,18H,5,8,15-17H2,1-4H3,(H,30,31,32,33). The fourth-order valence-electron chi connectivity index (χ4n) is 4.88. The van der Waals surface area contributed by atoms with Gasteiger partial charge in [-0.2, -0.15) is 5.21 Å². The summed E-state index contributed by atoms with van der Waals surface area (Å²) >= 11 is 0. The van der Waals surface area contributed by atoms with Gasteiger partial charge in [0, 0.05) is 32.7 Å². The number of fused-ring (bicyclic) bond motifs is 1. The molecule has 0 saturated heterocycles. The Kier molecular flexibility index (Phi) is 7.99. The molecule has 208 valence electrons. The number of rotatable bonds is 11. The van der Waals surface area contributed by atoms with Gasteiger partial charge in [0.25, 0.3) is 5.56 Å². The van der Waals surface area contributed by atoms with E-state index in [4.69, 9.17) is 14.5 Å². The Hall–Kier alpha value is -4.42. The third-order valence-electron chi connectivity index (χ3n) is 6.96. The Morgan fingerprint density at radius 3 is 2.40 bits per heavy atom. The number of benzene rings is 2. The summed E-state index contributed by atoms with van der Waals surface area (Å²) < 4.78 is 15.2. The molecule has 0 spiro atoms. The molecule has 2 aromatic carbocycles. The maximum absolute atomic E-state index is 13.8. The minimum Gasteiger partial charge on any atom is -0.383 e. The van der Waals surface area contributed by atoms with Crippen molar-refractivity contribution < 1.29 is 9.47 Å². The fourth-order valence-corrected chi connectivity index (χ4v) is 4.88. The first-order chi connectivity index (χ1) is 19.5. The lowest BCUT2D eigenvalue weighted by Gasteiger charge is -2.16.